The van der Waals surface area contributed by atoms with E-state index in [1.165, 1.54) is 30.3 Å². The van der Waals surface area contributed by atoms with E-state index in [9.17, 15) is 17.6 Å². The number of rotatable bonds is 8. The molecule has 1 heterocycles. The monoisotopic (exact) mass is 418 g/mol. The molecule has 0 atom stereocenters. The van der Waals surface area contributed by atoms with Gasteiger partial charge in [-0.25, -0.2) is 12.8 Å². The summed E-state index contributed by atoms with van der Waals surface area (Å²) in [4.78, 5) is 12.4. The Labute approximate surface area is 167 Å². The Bertz CT molecular complexity index is 1010. The number of nitrogens with zero attached hydrogens (tertiary/aromatic N) is 1. The summed E-state index contributed by atoms with van der Waals surface area (Å²) in [6, 6.07) is 17.8. The molecule has 0 saturated carbocycles. The maximum atomic E-state index is 13.3. The van der Waals surface area contributed by atoms with E-state index in [4.69, 9.17) is 0 Å². The molecule has 2 aromatic carbocycles. The molecule has 0 radical (unpaired) electrons. The molecular formula is C20H19FN2O3S2. The van der Waals surface area contributed by atoms with Crippen molar-refractivity contribution < 1.29 is 17.6 Å². The van der Waals surface area contributed by atoms with Gasteiger partial charge >= 0.3 is 0 Å². The fourth-order valence-corrected chi connectivity index (χ4v) is 5.14. The smallest absolute Gasteiger partial charge is 0.274 e. The van der Waals surface area contributed by atoms with E-state index in [1.807, 2.05) is 30.3 Å². The maximum absolute atomic E-state index is 13.3. The van der Waals surface area contributed by atoms with Gasteiger partial charge in [0.2, 0.25) is 5.91 Å². The molecule has 3 aromatic rings. The largest absolute Gasteiger partial charge is 0.354 e. The third kappa shape index (κ3) is 4.96. The number of hydrogen-bond donors (Lipinski definition) is 1. The number of benzene rings is 2. The van der Waals surface area contributed by atoms with Crippen molar-refractivity contribution in [1.29, 1.82) is 0 Å². The average Bonchev–Trinajstić information content (AvgIpc) is 3.23. The van der Waals surface area contributed by atoms with Gasteiger partial charge in [-0.15, -0.1) is 11.3 Å². The molecule has 1 amide bonds. The number of thiophene rings is 1. The average molecular weight is 419 g/mol. The van der Waals surface area contributed by atoms with Crippen molar-refractivity contribution >= 4 is 33.0 Å². The summed E-state index contributed by atoms with van der Waals surface area (Å²) >= 11 is 1.06. The van der Waals surface area contributed by atoms with Gasteiger partial charge in [0.15, 0.2) is 0 Å². The summed E-state index contributed by atoms with van der Waals surface area (Å²) < 4.78 is 40.3. The predicted molar refractivity (Wildman–Crippen MR) is 108 cm³/mol. The lowest BCUT2D eigenvalue weighted by Gasteiger charge is -2.23. The van der Waals surface area contributed by atoms with Crippen molar-refractivity contribution in [3.05, 3.63) is 83.5 Å². The number of amides is 1. The van der Waals surface area contributed by atoms with Crippen LogP contribution in [0.3, 0.4) is 0 Å². The Hall–Kier alpha value is -2.71. The fraction of sp³-hybridized carbons (Fsp3) is 0.150. The highest BCUT2D eigenvalue weighted by atomic mass is 32.2. The second-order valence-corrected chi connectivity index (χ2v) is 9.04. The first-order chi connectivity index (χ1) is 13.5. The molecule has 0 spiro atoms. The molecule has 5 nitrogen and oxygen atoms in total. The van der Waals surface area contributed by atoms with Crippen LogP contribution in [0.25, 0.3) is 0 Å². The number of carbonyl (C=O) groups is 1. The molecule has 3 rings (SSSR count). The zero-order chi connectivity index (χ0) is 20.0. The molecule has 1 N–H and O–H groups in total. The normalized spacial score (nSPS) is 11.2. The summed E-state index contributed by atoms with van der Waals surface area (Å²) in [6.45, 7) is -0.000189. The molecule has 0 bridgehead atoms. The van der Waals surface area contributed by atoms with Crippen molar-refractivity contribution in [1.82, 2.24) is 5.32 Å². The van der Waals surface area contributed by atoms with Crippen LogP contribution >= 0.6 is 11.3 Å². The number of nitrogens with one attached hydrogen (secondary N) is 1. The van der Waals surface area contributed by atoms with E-state index < -0.39 is 21.7 Å². The maximum Gasteiger partial charge on any atom is 0.274 e. The van der Waals surface area contributed by atoms with Crippen LogP contribution in [0.5, 0.6) is 0 Å². The van der Waals surface area contributed by atoms with Gasteiger partial charge < -0.3 is 5.32 Å². The standard InChI is InChI=1S/C20H19FN2O3S2/c21-17-8-10-18(11-9-17)23(28(25,26)20-7-4-14-27-20)15-19(24)22-13-12-16-5-2-1-3-6-16/h1-11,14H,12-13,15H2,(H,22,24). The van der Waals surface area contributed by atoms with E-state index in [0.29, 0.717) is 13.0 Å². The summed E-state index contributed by atoms with van der Waals surface area (Å²) in [5.41, 5.74) is 1.30. The molecule has 1 aromatic heterocycles. The Morgan fingerprint density at radius 3 is 2.36 bits per heavy atom. The number of carbonyl (C=O) groups excluding carboxylic acids is 1. The van der Waals surface area contributed by atoms with Gasteiger partial charge in [0.1, 0.15) is 16.6 Å². The third-order valence-corrected chi connectivity index (χ3v) is 7.17. The second-order valence-electron chi connectivity index (χ2n) is 6.01. The van der Waals surface area contributed by atoms with Gasteiger partial charge in [0.05, 0.1) is 5.69 Å². The molecule has 146 valence electrons. The highest BCUT2D eigenvalue weighted by molar-refractivity contribution is 7.94. The number of sulfonamides is 1. The van der Waals surface area contributed by atoms with Gasteiger partial charge in [-0.2, -0.15) is 0 Å². The zero-order valence-corrected chi connectivity index (χ0v) is 16.5. The van der Waals surface area contributed by atoms with E-state index in [-0.39, 0.29) is 16.4 Å². The molecule has 0 fully saturated rings. The van der Waals surface area contributed by atoms with E-state index in [1.54, 1.807) is 11.4 Å². The molecule has 0 aliphatic rings. The minimum absolute atomic E-state index is 0.119. The molecule has 0 saturated heterocycles. The predicted octanol–water partition coefficient (Wildman–Crippen LogP) is 3.44. The molecule has 28 heavy (non-hydrogen) atoms. The van der Waals surface area contributed by atoms with Crippen molar-refractivity contribution in [2.75, 3.05) is 17.4 Å². The first kappa shape index (κ1) is 20.0. The quantitative estimate of drug-likeness (QED) is 0.609. The van der Waals surface area contributed by atoms with Crippen molar-refractivity contribution in [3.8, 4) is 0 Å². The van der Waals surface area contributed by atoms with E-state index >= 15 is 0 Å². The first-order valence-electron chi connectivity index (χ1n) is 8.59. The SMILES string of the molecule is O=C(CN(c1ccc(F)cc1)S(=O)(=O)c1cccs1)NCCc1ccccc1. The fourth-order valence-electron chi connectivity index (χ4n) is 2.62. The van der Waals surface area contributed by atoms with Crippen LogP contribution in [-0.4, -0.2) is 27.4 Å². The van der Waals surface area contributed by atoms with Crippen LogP contribution in [0.4, 0.5) is 10.1 Å². The van der Waals surface area contributed by atoms with Crippen molar-refractivity contribution in [3.63, 3.8) is 0 Å². The minimum atomic E-state index is -3.93. The zero-order valence-electron chi connectivity index (χ0n) is 14.9. The molecule has 8 heteroatoms. The van der Waals surface area contributed by atoms with Gasteiger partial charge in [0.25, 0.3) is 10.0 Å². The lowest BCUT2D eigenvalue weighted by molar-refractivity contribution is -0.119. The minimum Gasteiger partial charge on any atom is -0.354 e. The van der Waals surface area contributed by atoms with Gasteiger partial charge in [-0.1, -0.05) is 36.4 Å². The summed E-state index contributed by atoms with van der Waals surface area (Å²) in [5, 5.41) is 4.39. The highest BCUT2D eigenvalue weighted by Crippen LogP contribution is 2.26. The molecule has 0 aliphatic heterocycles. The molecule has 0 unspecified atom stereocenters. The first-order valence-corrected chi connectivity index (χ1v) is 10.9. The highest BCUT2D eigenvalue weighted by Gasteiger charge is 2.28. The van der Waals surface area contributed by atoms with Crippen LogP contribution in [0.1, 0.15) is 5.56 Å². The lowest BCUT2D eigenvalue weighted by atomic mass is 10.1. The number of hydrogen-bond acceptors (Lipinski definition) is 4. The molecular weight excluding hydrogens is 399 g/mol. The van der Waals surface area contributed by atoms with Crippen LogP contribution in [0, 0.1) is 5.82 Å². The summed E-state index contributed by atoms with van der Waals surface area (Å²) in [7, 11) is -3.93. The number of halogens is 1. The van der Waals surface area contributed by atoms with Crippen LogP contribution in [0.15, 0.2) is 76.3 Å². The van der Waals surface area contributed by atoms with E-state index in [2.05, 4.69) is 5.32 Å². The Balaban J connectivity index is 1.73. The summed E-state index contributed by atoms with van der Waals surface area (Å²) in [6.07, 6.45) is 0.640. The Morgan fingerprint density at radius 1 is 1.00 bits per heavy atom. The van der Waals surface area contributed by atoms with E-state index in [0.717, 1.165) is 21.2 Å². The van der Waals surface area contributed by atoms with Crippen molar-refractivity contribution in [2.45, 2.75) is 10.6 Å². The Morgan fingerprint density at radius 2 is 1.71 bits per heavy atom. The topological polar surface area (TPSA) is 66.5 Å². The van der Waals surface area contributed by atoms with Crippen molar-refractivity contribution in [2.24, 2.45) is 0 Å². The number of anilines is 1. The van der Waals surface area contributed by atoms with Gasteiger partial charge in [-0.05, 0) is 47.7 Å². The van der Waals surface area contributed by atoms with Crippen LogP contribution in [-0.2, 0) is 21.2 Å². The molecule has 0 aliphatic carbocycles. The lowest BCUT2D eigenvalue weighted by Crippen LogP contribution is -2.41. The van der Waals surface area contributed by atoms with Gasteiger partial charge in [0, 0.05) is 6.54 Å². The Kier molecular flexibility index (Phi) is 6.43. The second kappa shape index (κ2) is 8.99. The third-order valence-electron chi connectivity index (χ3n) is 4.02. The van der Waals surface area contributed by atoms with Crippen LogP contribution < -0.4 is 9.62 Å². The van der Waals surface area contributed by atoms with Gasteiger partial charge in [-0.3, -0.25) is 9.10 Å². The summed E-state index contributed by atoms with van der Waals surface area (Å²) in [5.74, 6) is -0.912. The van der Waals surface area contributed by atoms with Crippen LogP contribution in [0.2, 0.25) is 0 Å².